The van der Waals surface area contributed by atoms with Crippen molar-refractivity contribution in [1.82, 2.24) is 14.7 Å². The SMILES string of the molecule is CC(=O)c1ccc(NC(=O)CN(C)Cc2cnn(C)c2C)cc1. The number of hydrogen-bond donors (Lipinski definition) is 1. The molecule has 1 N–H and O–H groups in total. The number of aromatic nitrogens is 2. The maximum atomic E-state index is 12.1. The predicted molar refractivity (Wildman–Crippen MR) is 89.4 cm³/mol. The molecule has 0 fully saturated rings. The number of anilines is 1. The van der Waals surface area contributed by atoms with Gasteiger partial charge in [0.25, 0.3) is 0 Å². The number of likely N-dealkylation sites (N-methyl/N-ethyl adjacent to an activating group) is 1. The minimum atomic E-state index is -0.0929. The molecule has 0 aliphatic heterocycles. The second-order valence-corrected chi connectivity index (χ2v) is 5.73. The largest absolute Gasteiger partial charge is 0.325 e. The van der Waals surface area contributed by atoms with Crippen LogP contribution in [-0.2, 0) is 18.4 Å². The highest BCUT2D eigenvalue weighted by atomic mass is 16.2. The Morgan fingerprint density at radius 3 is 2.43 bits per heavy atom. The van der Waals surface area contributed by atoms with Gasteiger partial charge in [-0.05, 0) is 45.2 Å². The van der Waals surface area contributed by atoms with Gasteiger partial charge in [-0.2, -0.15) is 5.10 Å². The van der Waals surface area contributed by atoms with Gasteiger partial charge in [0, 0.05) is 36.1 Å². The molecule has 0 atom stereocenters. The van der Waals surface area contributed by atoms with Crippen molar-refractivity contribution in [2.75, 3.05) is 18.9 Å². The molecule has 1 aromatic carbocycles. The second kappa shape index (κ2) is 7.19. The third-order valence-corrected chi connectivity index (χ3v) is 3.77. The summed E-state index contributed by atoms with van der Waals surface area (Å²) in [6.45, 7) is 4.47. The van der Waals surface area contributed by atoms with E-state index in [4.69, 9.17) is 0 Å². The van der Waals surface area contributed by atoms with Crippen LogP contribution in [0, 0.1) is 6.92 Å². The number of Topliss-reactive ketones (excluding diaryl/α,β-unsaturated/α-hetero) is 1. The maximum Gasteiger partial charge on any atom is 0.238 e. The Morgan fingerprint density at radius 2 is 1.91 bits per heavy atom. The Hall–Kier alpha value is -2.47. The van der Waals surface area contributed by atoms with Crippen molar-refractivity contribution in [3.8, 4) is 0 Å². The summed E-state index contributed by atoms with van der Waals surface area (Å²) in [7, 11) is 3.79. The van der Waals surface area contributed by atoms with E-state index < -0.39 is 0 Å². The van der Waals surface area contributed by atoms with Crippen LogP contribution in [0.3, 0.4) is 0 Å². The summed E-state index contributed by atoms with van der Waals surface area (Å²) in [4.78, 5) is 25.2. The van der Waals surface area contributed by atoms with Crippen molar-refractivity contribution in [1.29, 1.82) is 0 Å². The summed E-state index contributed by atoms with van der Waals surface area (Å²) in [5, 5.41) is 7.03. The van der Waals surface area contributed by atoms with Crippen LogP contribution in [0.4, 0.5) is 5.69 Å². The molecular formula is C17H22N4O2. The molecule has 0 saturated heterocycles. The molecule has 1 heterocycles. The molecule has 0 saturated carbocycles. The van der Waals surface area contributed by atoms with Crippen LogP contribution in [-0.4, -0.2) is 40.0 Å². The number of rotatable bonds is 6. The lowest BCUT2D eigenvalue weighted by molar-refractivity contribution is -0.117. The van der Waals surface area contributed by atoms with Crippen molar-refractivity contribution < 1.29 is 9.59 Å². The average molecular weight is 314 g/mol. The van der Waals surface area contributed by atoms with Crippen LogP contribution in [0.2, 0.25) is 0 Å². The van der Waals surface area contributed by atoms with Gasteiger partial charge in [0.2, 0.25) is 5.91 Å². The van der Waals surface area contributed by atoms with Gasteiger partial charge in [0.15, 0.2) is 5.78 Å². The molecular weight excluding hydrogens is 292 g/mol. The van der Waals surface area contributed by atoms with Gasteiger partial charge >= 0.3 is 0 Å². The maximum absolute atomic E-state index is 12.1. The average Bonchev–Trinajstić information content (AvgIpc) is 2.79. The number of aryl methyl sites for hydroxylation is 1. The molecule has 0 unspecified atom stereocenters. The third kappa shape index (κ3) is 4.50. The third-order valence-electron chi connectivity index (χ3n) is 3.77. The minimum Gasteiger partial charge on any atom is -0.325 e. The van der Waals surface area contributed by atoms with Crippen LogP contribution in [0.25, 0.3) is 0 Å². The summed E-state index contributed by atoms with van der Waals surface area (Å²) in [5.41, 5.74) is 3.52. The number of ketones is 1. The van der Waals surface area contributed by atoms with E-state index in [1.807, 2.05) is 36.8 Å². The lowest BCUT2D eigenvalue weighted by atomic mass is 10.1. The molecule has 1 aromatic heterocycles. The zero-order chi connectivity index (χ0) is 17.0. The fourth-order valence-corrected chi connectivity index (χ4v) is 2.28. The Balaban J connectivity index is 1.88. The first-order valence-corrected chi connectivity index (χ1v) is 7.43. The molecule has 0 bridgehead atoms. The number of benzene rings is 1. The molecule has 0 spiro atoms. The first-order valence-electron chi connectivity index (χ1n) is 7.43. The summed E-state index contributed by atoms with van der Waals surface area (Å²) in [5.74, 6) is -0.0842. The number of carbonyl (C=O) groups excluding carboxylic acids is 2. The van der Waals surface area contributed by atoms with E-state index in [0.29, 0.717) is 17.8 Å². The summed E-state index contributed by atoms with van der Waals surface area (Å²) < 4.78 is 1.82. The normalized spacial score (nSPS) is 10.8. The lowest BCUT2D eigenvalue weighted by Crippen LogP contribution is -2.30. The summed E-state index contributed by atoms with van der Waals surface area (Å²) in [6.07, 6.45) is 1.82. The smallest absolute Gasteiger partial charge is 0.238 e. The number of amides is 1. The van der Waals surface area contributed by atoms with E-state index >= 15 is 0 Å². The van der Waals surface area contributed by atoms with Crippen LogP contribution < -0.4 is 5.32 Å². The van der Waals surface area contributed by atoms with Crippen molar-refractivity contribution in [2.45, 2.75) is 20.4 Å². The highest BCUT2D eigenvalue weighted by molar-refractivity contribution is 5.96. The van der Waals surface area contributed by atoms with Crippen LogP contribution in [0.1, 0.15) is 28.5 Å². The van der Waals surface area contributed by atoms with Crippen LogP contribution in [0.15, 0.2) is 30.5 Å². The number of nitrogens with one attached hydrogen (secondary N) is 1. The van der Waals surface area contributed by atoms with E-state index in [0.717, 1.165) is 11.3 Å². The topological polar surface area (TPSA) is 67.2 Å². The quantitative estimate of drug-likeness (QED) is 0.828. The van der Waals surface area contributed by atoms with Gasteiger partial charge in [0.05, 0.1) is 12.7 Å². The Labute approximate surface area is 136 Å². The number of carbonyl (C=O) groups is 2. The zero-order valence-corrected chi connectivity index (χ0v) is 14.0. The predicted octanol–water partition coefficient (Wildman–Crippen LogP) is 2.00. The molecule has 0 aliphatic carbocycles. The van der Waals surface area contributed by atoms with Gasteiger partial charge in [-0.15, -0.1) is 0 Å². The fourth-order valence-electron chi connectivity index (χ4n) is 2.28. The van der Waals surface area contributed by atoms with Crippen LogP contribution >= 0.6 is 0 Å². The van der Waals surface area contributed by atoms with Gasteiger partial charge in [-0.3, -0.25) is 19.2 Å². The van der Waals surface area contributed by atoms with Crippen molar-refractivity contribution in [3.05, 3.63) is 47.3 Å². The highest BCUT2D eigenvalue weighted by Gasteiger charge is 2.11. The van der Waals surface area contributed by atoms with Crippen molar-refractivity contribution in [3.63, 3.8) is 0 Å². The van der Waals surface area contributed by atoms with Gasteiger partial charge in [-0.1, -0.05) is 0 Å². The van der Waals surface area contributed by atoms with E-state index in [2.05, 4.69) is 10.4 Å². The molecule has 0 aliphatic rings. The minimum absolute atomic E-state index is 0.00875. The van der Waals surface area contributed by atoms with Gasteiger partial charge in [-0.25, -0.2) is 0 Å². The summed E-state index contributed by atoms with van der Waals surface area (Å²) >= 11 is 0. The molecule has 2 aromatic rings. The Kier molecular flexibility index (Phi) is 5.28. The second-order valence-electron chi connectivity index (χ2n) is 5.73. The molecule has 23 heavy (non-hydrogen) atoms. The molecule has 2 rings (SSSR count). The lowest BCUT2D eigenvalue weighted by Gasteiger charge is -2.16. The monoisotopic (exact) mass is 314 g/mol. The number of hydrogen-bond acceptors (Lipinski definition) is 4. The first kappa shape index (κ1) is 16.9. The van der Waals surface area contributed by atoms with Gasteiger partial charge < -0.3 is 5.32 Å². The zero-order valence-electron chi connectivity index (χ0n) is 14.0. The summed E-state index contributed by atoms with van der Waals surface area (Å²) in [6, 6.07) is 6.89. The highest BCUT2D eigenvalue weighted by Crippen LogP contribution is 2.11. The molecule has 0 radical (unpaired) electrons. The fraction of sp³-hybridized carbons (Fsp3) is 0.353. The van der Waals surface area contributed by atoms with Crippen molar-refractivity contribution >= 4 is 17.4 Å². The molecule has 1 amide bonds. The van der Waals surface area contributed by atoms with Gasteiger partial charge in [0.1, 0.15) is 0 Å². The van der Waals surface area contributed by atoms with E-state index in [1.165, 1.54) is 6.92 Å². The van der Waals surface area contributed by atoms with E-state index in [9.17, 15) is 9.59 Å². The molecule has 6 heteroatoms. The van der Waals surface area contributed by atoms with Crippen molar-refractivity contribution in [2.24, 2.45) is 7.05 Å². The Bertz CT molecular complexity index is 704. The first-order chi connectivity index (χ1) is 10.9. The number of nitrogens with zero attached hydrogens (tertiary/aromatic N) is 3. The molecule has 122 valence electrons. The van der Waals surface area contributed by atoms with Crippen LogP contribution in [0.5, 0.6) is 0 Å². The standard InChI is InChI=1S/C17H22N4O2/c1-12-15(9-18-21(12)4)10-20(3)11-17(23)19-16-7-5-14(6-8-16)13(2)22/h5-9H,10-11H2,1-4H3,(H,19,23). The molecule has 6 nitrogen and oxygen atoms in total. The van der Waals surface area contributed by atoms with E-state index in [1.54, 1.807) is 24.3 Å². The Morgan fingerprint density at radius 1 is 1.26 bits per heavy atom. The van der Waals surface area contributed by atoms with E-state index in [-0.39, 0.29) is 18.2 Å².